The van der Waals surface area contributed by atoms with Gasteiger partial charge in [-0.15, -0.1) is 0 Å². The molecule has 1 aliphatic carbocycles. The monoisotopic (exact) mass is 398 g/mol. The minimum atomic E-state index is -0.285. The van der Waals surface area contributed by atoms with Crippen molar-refractivity contribution in [2.75, 3.05) is 40.4 Å². The minimum absolute atomic E-state index is 0.00860. The third-order valence-electron chi connectivity index (χ3n) is 6.33. The fourth-order valence-corrected chi connectivity index (χ4v) is 4.72. The number of likely N-dealkylation sites (tertiary alicyclic amines) is 2. The Labute approximate surface area is 170 Å². The summed E-state index contributed by atoms with van der Waals surface area (Å²) in [5, 5.41) is 12.5. The van der Waals surface area contributed by atoms with Crippen LogP contribution in [0, 0.1) is 23.2 Å². The maximum absolute atomic E-state index is 13.0. The van der Waals surface area contributed by atoms with Crippen LogP contribution in [0.5, 0.6) is 11.5 Å². The molecule has 2 unspecified atom stereocenters. The van der Waals surface area contributed by atoms with E-state index in [1.54, 1.807) is 37.3 Å². The van der Waals surface area contributed by atoms with Crippen molar-refractivity contribution in [2.45, 2.75) is 24.9 Å². The Morgan fingerprint density at radius 3 is 2.45 bits per heavy atom. The van der Waals surface area contributed by atoms with Crippen LogP contribution in [-0.2, 0) is 4.79 Å². The molecule has 8 nitrogen and oxygen atoms in total. The van der Waals surface area contributed by atoms with Gasteiger partial charge in [0.05, 0.1) is 26.8 Å². The molecular weight excluding hydrogens is 372 g/mol. The van der Waals surface area contributed by atoms with Gasteiger partial charge in [0, 0.05) is 25.7 Å². The minimum Gasteiger partial charge on any atom is -0.496 e. The molecule has 2 heterocycles. The van der Waals surface area contributed by atoms with Gasteiger partial charge >= 0.3 is 0 Å². The zero-order valence-electron chi connectivity index (χ0n) is 16.8. The second-order valence-corrected chi connectivity index (χ2v) is 7.86. The van der Waals surface area contributed by atoms with E-state index in [2.05, 4.69) is 11.4 Å². The van der Waals surface area contributed by atoms with Crippen molar-refractivity contribution in [3.8, 4) is 17.6 Å². The maximum atomic E-state index is 13.0. The Balaban J connectivity index is 1.31. The van der Waals surface area contributed by atoms with Gasteiger partial charge in [0.15, 0.2) is 0 Å². The van der Waals surface area contributed by atoms with Crippen LogP contribution in [0.15, 0.2) is 18.2 Å². The molecule has 2 saturated heterocycles. The van der Waals surface area contributed by atoms with E-state index in [0.29, 0.717) is 48.5 Å². The number of hydrogen-bond donors (Lipinski definition) is 1. The van der Waals surface area contributed by atoms with E-state index in [-0.39, 0.29) is 30.4 Å². The summed E-state index contributed by atoms with van der Waals surface area (Å²) in [6, 6.07) is 7.49. The van der Waals surface area contributed by atoms with Crippen molar-refractivity contribution in [3.05, 3.63) is 23.8 Å². The first-order valence-corrected chi connectivity index (χ1v) is 10.0. The third kappa shape index (κ3) is 3.51. The summed E-state index contributed by atoms with van der Waals surface area (Å²) in [5.41, 5.74) is 0.454. The quantitative estimate of drug-likeness (QED) is 0.764. The summed E-state index contributed by atoms with van der Waals surface area (Å²) in [6.45, 7) is 2.23. The summed E-state index contributed by atoms with van der Waals surface area (Å²) in [7, 11) is 3.09. The summed E-state index contributed by atoms with van der Waals surface area (Å²) >= 11 is 0. The second-order valence-electron chi connectivity index (χ2n) is 7.86. The predicted molar refractivity (Wildman–Crippen MR) is 105 cm³/mol. The van der Waals surface area contributed by atoms with Crippen LogP contribution in [0.3, 0.4) is 0 Å². The molecule has 1 N–H and O–H groups in total. The van der Waals surface area contributed by atoms with E-state index < -0.39 is 0 Å². The molecular formula is C21H26N4O4. The topological polar surface area (TPSA) is 94.9 Å². The first-order chi connectivity index (χ1) is 14.1. The fraction of sp³-hybridized carbons (Fsp3) is 0.571. The molecule has 1 aromatic rings. The zero-order chi connectivity index (χ0) is 20.5. The van der Waals surface area contributed by atoms with Crippen LogP contribution >= 0.6 is 0 Å². The number of ether oxygens (including phenoxy) is 2. The van der Waals surface area contributed by atoms with Crippen LogP contribution in [0.2, 0.25) is 0 Å². The van der Waals surface area contributed by atoms with Gasteiger partial charge in [0.2, 0.25) is 5.91 Å². The van der Waals surface area contributed by atoms with Crippen molar-refractivity contribution in [2.24, 2.45) is 11.8 Å². The van der Waals surface area contributed by atoms with Crippen LogP contribution in [0.4, 0.5) is 0 Å². The van der Waals surface area contributed by atoms with Gasteiger partial charge in [0.25, 0.3) is 5.91 Å². The standard InChI is InChI=1S/C21H26N4O4/c1-28-16-6-3-7-17(29-2)19(16)21(27)24-11-14-15(12-24)20(14)23-10-18(26)25-8-4-5-13(25)9-22/h3,6-7,13-15,20,23H,4-5,8,10-12H2,1-2H3/t13-,14?,15?,20?/m0/s1. The number of hydrogen-bond acceptors (Lipinski definition) is 6. The summed E-state index contributed by atoms with van der Waals surface area (Å²) < 4.78 is 10.7. The number of rotatable bonds is 6. The molecule has 0 bridgehead atoms. The molecule has 154 valence electrons. The van der Waals surface area contributed by atoms with E-state index in [1.165, 1.54) is 0 Å². The smallest absolute Gasteiger partial charge is 0.261 e. The van der Waals surface area contributed by atoms with E-state index in [0.717, 1.165) is 12.8 Å². The molecule has 3 aliphatic rings. The number of amides is 2. The lowest BCUT2D eigenvalue weighted by molar-refractivity contribution is -0.130. The summed E-state index contributed by atoms with van der Waals surface area (Å²) in [5.74, 6) is 1.64. The van der Waals surface area contributed by atoms with Crippen molar-refractivity contribution in [3.63, 3.8) is 0 Å². The number of nitriles is 1. The van der Waals surface area contributed by atoms with E-state index in [9.17, 15) is 9.59 Å². The van der Waals surface area contributed by atoms with E-state index >= 15 is 0 Å². The molecule has 0 spiro atoms. The van der Waals surface area contributed by atoms with Gasteiger partial charge in [-0.1, -0.05) is 6.07 Å². The number of nitrogens with zero attached hydrogens (tertiary/aromatic N) is 3. The van der Waals surface area contributed by atoms with Crippen molar-refractivity contribution in [1.82, 2.24) is 15.1 Å². The highest BCUT2D eigenvalue weighted by Crippen LogP contribution is 2.46. The lowest BCUT2D eigenvalue weighted by Crippen LogP contribution is -2.43. The van der Waals surface area contributed by atoms with Gasteiger partial charge < -0.3 is 24.6 Å². The third-order valence-corrected chi connectivity index (χ3v) is 6.33. The summed E-state index contributed by atoms with van der Waals surface area (Å²) in [6.07, 6.45) is 1.66. The van der Waals surface area contributed by atoms with Crippen LogP contribution in [-0.4, -0.2) is 74.1 Å². The van der Waals surface area contributed by atoms with E-state index in [4.69, 9.17) is 14.7 Å². The SMILES string of the molecule is COc1cccc(OC)c1C(=O)N1CC2C(C1)C2NCC(=O)N1CCC[C@H]1C#N. The van der Waals surface area contributed by atoms with Crippen LogP contribution in [0.1, 0.15) is 23.2 Å². The lowest BCUT2D eigenvalue weighted by Gasteiger charge is -2.23. The first kappa shape index (κ1) is 19.5. The lowest BCUT2D eigenvalue weighted by atomic mass is 10.1. The highest BCUT2D eigenvalue weighted by Gasteiger charge is 2.57. The molecule has 8 heteroatoms. The fourth-order valence-electron chi connectivity index (χ4n) is 4.72. The van der Waals surface area contributed by atoms with Gasteiger partial charge in [-0.05, 0) is 36.8 Å². The summed E-state index contributed by atoms with van der Waals surface area (Å²) in [4.78, 5) is 28.9. The predicted octanol–water partition coefficient (Wildman–Crippen LogP) is 0.878. The number of methoxy groups -OCH3 is 2. The molecule has 4 rings (SSSR count). The molecule has 0 aromatic heterocycles. The molecule has 3 atom stereocenters. The van der Waals surface area contributed by atoms with Gasteiger partial charge in [0.1, 0.15) is 23.1 Å². The number of carbonyl (C=O) groups is 2. The Bertz CT molecular complexity index is 817. The Morgan fingerprint density at radius 1 is 1.21 bits per heavy atom. The molecule has 1 aromatic carbocycles. The number of carbonyl (C=O) groups excluding carboxylic acids is 2. The number of nitrogens with one attached hydrogen (secondary N) is 1. The van der Waals surface area contributed by atoms with Crippen molar-refractivity contribution >= 4 is 11.8 Å². The second kappa shape index (κ2) is 7.91. The van der Waals surface area contributed by atoms with Crippen molar-refractivity contribution in [1.29, 1.82) is 5.26 Å². The Hall–Kier alpha value is -2.79. The van der Waals surface area contributed by atoms with Crippen molar-refractivity contribution < 1.29 is 19.1 Å². The molecule has 2 amide bonds. The average molecular weight is 398 g/mol. The Morgan fingerprint density at radius 2 is 1.86 bits per heavy atom. The van der Waals surface area contributed by atoms with Crippen LogP contribution in [0.25, 0.3) is 0 Å². The largest absolute Gasteiger partial charge is 0.496 e. The number of benzene rings is 1. The van der Waals surface area contributed by atoms with Gasteiger partial charge in [-0.3, -0.25) is 9.59 Å². The average Bonchev–Trinajstić information content (AvgIpc) is 3.12. The Kier molecular flexibility index (Phi) is 5.33. The van der Waals surface area contributed by atoms with Gasteiger partial charge in [-0.2, -0.15) is 5.26 Å². The maximum Gasteiger partial charge on any atom is 0.261 e. The van der Waals surface area contributed by atoms with Crippen LogP contribution < -0.4 is 14.8 Å². The molecule has 2 aliphatic heterocycles. The first-order valence-electron chi connectivity index (χ1n) is 10.0. The van der Waals surface area contributed by atoms with E-state index in [1.807, 2.05) is 4.90 Å². The van der Waals surface area contributed by atoms with Gasteiger partial charge in [-0.25, -0.2) is 0 Å². The number of fused-ring (bicyclic) bond motifs is 1. The molecule has 0 radical (unpaired) electrons. The number of piperidine rings is 1. The molecule has 29 heavy (non-hydrogen) atoms. The zero-order valence-corrected chi connectivity index (χ0v) is 16.8. The molecule has 3 fully saturated rings. The highest BCUT2D eigenvalue weighted by atomic mass is 16.5. The normalized spacial score (nSPS) is 27.3. The highest BCUT2D eigenvalue weighted by molar-refractivity contribution is 6.00. The molecule has 1 saturated carbocycles.